The molecule has 1 aliphatic heterocycles. The van der Waals surface area contributed by atoms with Gasteiger partial charge in [-0.2, -0.15) is 0 Å². The molecule has 1 saturated heterocycles. The Balaban J connectivity index is 2.18. The lowest BCUT2D eigenvalue weighted by molar-refractivity contribution is 0.0579. The van der Waals surface area contributed by atoms with E-state index in [2.05, 4.69) is 45.7 Å². The highest BCUT2D eigenvalue weighted by Gasteiger charge is 2.28. The standard InChI is InChI=1S/C12H15Br2NOS/c1-7-3-4-8(2)15(6-7)12(16)10-5-9(13)11(14)17-10/h5,7-8H,3-4,6H2,1-2H3. The molecule has 1 aromatic rings. The van der Waals surface area contributed by atoms with Crippen LogP contribution in [-0.2, 0) is 0 Å². The zero-order valence-electron chi connectivity index (χ0n) is 9.87. The fraction of sp³-hybridized carbons (Fsp3) is 0.583. The lowest BCUT2D eigenvalue weighted by atomic mass is 9.95. The molecule has 0 N–H and O–H groups in total. The molecule has 1 amide bonds. The highest BCUT2D eigenvalue weighted by Crippen LogP contribution is 2.34. The molecule has 2 rings (SSSR count). The minimum Gasteiger partial charge on any atom is -0.335 e. The summed E-state index contributed by atoms with van der Waals surface area (Å²) >= 11 is 8.36. The summed E-state index contributed by atoms with van der Waals surface area (Å²) < 4.78 is 1.95. The summed E-state index contributed by atoms with van der Waals surface area (Å²) in [5, 5.41) is 0. The molecule has 1 aromatic heterocycles. The molecule has 0 saturated carbocycles. The van der Waals surface area contributed by atoms with Gasteiger partial charge in [-0.1, -0.05) is 6.92 Å². The van der Waals surface area contributed by atoms with E-state index in [4.69, 9.17) is 0 Å². The largest absolute Gasteiger partial charge is 0.335 e. The Kier molecular flexibility index (Phi) is 4.31. The van der Waals surface area contributed by atoms with E-state index < -0.39 is 0 Å². The molecule has 94 valence electrons. The van der Waals surface area contributed by atoms with Crippen LogP contribution in [0.2, 0.25) is 0 Å². The van der Waals surface area contributed by atoms with Crippen LogP contribution in [-0.4, -0.2) is 23.4 Å². The maximum Gasteiger partial charge on any atom is 0.264 e. The first-order valence-corrected chi connectivity index (χ1v) is 8.15. The smallest absolute Gasteiger partial charge is 0.264 e. The average molecular weight is 381 g/mol. The van der Waals surface area contributed by atoms with E-state index in [0.29, 0.717) is 12.0 Å². The number of nitrogens with zero attached hydrogens (tertiary/aromatic N) is 1. The van der Waals surface area contributed by atoms with Crippen molar-refractivity contribution in [1.82, 2.24) is 4.90 Å². The van der Waals surface area contributed by atoms with Crippen molar-refractivity contribution in [3.8, 4) is 0 Å². The van der Waals surface area contributed by atoms with E-state index >= 15 is 0 Å². The Morgan fingerprint density at radius 3 is 2.71 bits per heavy atom. The van der Waals surface area contributed by atoms with Crippen LogP contribution in [0.5, 0.6) is 0 Å². The van der Waals surface area contributed by atoms with Crippen molar-refractivity contribution in [2.75, 3.05) is 6.54 Å². The molecule has 0 aliphatic carbocycles. The Hall–Kier alpha value is 0.130. The fourth-order valence-electron chi connectivity index (χ4n) is 2.17. The van der Waals surface area contributed by atoms with Crippen LogP contribution in [0.15, 0.2) is 14.3 Å². The van der Waals surface area contributed by atoms with Gasteiger partial charge in [-0.05, 0) is 63.6 Å². The van der Waals surface area contributed by atoms with Crippen LogP contribution in [0, 0.1) is 5.92 Å². The molecule has 2 nitrogen and oxygen atoms in total. The lowest BCUT2D eigenvalue weighted by Crippen LogP contribution is -2.44. The number of likely N-dealkylation sites (tertiary alicyclic amines) is 1. The van der Waals surface area contributed by atoms with E-state index in [-0.39, 0.29) is 5.91 Å². The fourth-order valence-corrected chi connectivity index (χ4v) is 4.16. The lowest BCUT2D eigenvalue weighted by Gasteiger charge is -2.36. The Labute approximate surface area is 123 Å². The number of rotatable bonds is 1. The van der Waals surface area contributed by atoms with E-state index in [0.717, 1.165) is 26.1 Å². The second-order valence-corrected chi connectivity index (χ2v) is 7.95. The molecule has 0 spiro atoms. The first-order valence-electron chi connectivity index (χ1n) is 5.75. The summed E-state index contributed by atoms with van der Waals surface area (Å²) in [7, 11) is 0. The quantitative estimate of drug-likeness (QED) is 0.700. The van der Waals surface area contributed by atoms with Gasteiger partial charge in [-0.3, -0.25) is 4.79 Å². The van der Waals surface area contributed by atoms with E-state index in [9.17, 15) is 4.79 Å². The van der Waals surface area contributed by atoms with Crippen molar-refractivity contribution in [3.05, 3.63) is 19.2 Å². The molecule has 17 heavy (non-hydrogen) atoms. The predicted octanol–water partition coefficient (Wildman–Crippen LogP) is 4.53. The molecule has 5 heteroatoms. The van der Waals surface area contributed by atoms with Crippen molar-refractivity contribution >= 4 is 49.1 Å². The van der Waals surface area contributed by atoms with Gasteiger partial charge in [0.1, 0.15) is 0 Å². The minimum atomic E-state index is 0.167. The topological polar surface area (TPSA) is 20.3 Å². The second-order valence-electron chi connectivity index (χ2n) is 4.72. The first-order chi connectivity index (χ1) is 7.99. The Bertz CT molecular complexity index is 413. The summed E-state index contributed by atoms with van der Waals surface area (Å²) in [6, 6.07) is 2.27. The number of carbonyl (C=O) groups excluding carboxylic acids is 1. The van der Waals surface area contributed by atoms with Gasteiger partial charge in [0, 0.05) is 17.1 Å². The van der Waals surface area contributed by atoms with Gasteiger partial charge in [0.25, 0.3) is 5.91 Å². The second kappa shape index (κ2) is 5.41. The molecular weight excluding hydrogens is 366 g/mol. The van der Waals surface area contributed by atoms with Crippen molar-refractivity contribution in [3.63, 3.8) is 0 Å². The number of piperidine rings is 1. The van der Waals surface area contributed by atoms with E-state index in [1.54, 1.807) is 0 Å². The average Bonchev–Trinajstić information content (AvgIpc) is 2.62. The third-order valence-electron chi connectivity index (χ3n) is 3.23. The summed E-state index contributed by atoms with van der Waals surface area (Å²) in [6.07, 6.45) is 2.34. The van der Waals surface area contributed by atoms with Crippen LogP contribution < -0.4 is 0 Å². The SMILES string of the molecule is CC1CCC(C)N(C(=O)c2cc(Br)c(Br)s2)C1. The van der Waals surface area contributed by atoms with Crippen LogP contribution in [0.25, 0.3) is 0 Å². The van der Waals surface area contributed by atoms with Gasteiger partial charge < -0.3 is 4.90 Å². The van der Waals surface area contributed by atoms with Crippen molar-refractivity contribution in [2.24, 2.45) is 5.92 Å². The van der Waals surface area contributed by atoms with Gasteiger partial charge in [0.15, 0.2) is 0 Å². The van der Waals surface area contributed by atoms with Gasteiger partial charge in [-0.25, -0.2) is 0 Å². The Morgan fingerprint density at radius 1 is 1.41 bits per heavy atom. The third kappa shape index (κ3) is 2.93. The number of halogens is 2. The van der Waals surface area contributed by atoms with Crippen molar-refractivity contribution < 1.29 is 4.79 Å². The predicted molar refractivity (Wildman–Crippen MR) is 78.6 cm³/mol. The van der Waals surface area contributed by atoms with Gasteiger partial charge in [0.2, 0.25) is 0 Å². The van der Waals surface area contributed by atoms with E-state index in [1.807, 2.05) is 11.0 Å². The minimum absolute atomic E-state index is 0.167. The molecule has 0 bridgehead atoms. The molecular formula is C12H15Br2NOS. The first kappa shape index (κ1) is 13.6. The summed E-state index contributed by atoms with van der Waals surface area (Å²) in [6.45, 7) is 5.24. The van der Waals surface area contributed by atoms with Crippen LogP contribution in [0.4, 0.5) is 0 Å². The molecule has 0 aromatic carbocycles. The molecule has 1 fully saturated rings. The molecule has 2 atom stereocenters. The van der Waals surface area contributed by atoms with E-state index in [1.165, 1.54) is 17.8 Å². The molecule has 0 radical (unpaired) electrons. The van der Waals surface area contributed by atoms with Gasteiger partial charge in [-0.15, -0.1) is 11.3 Å². The van der Waals surface area contributed by atoms with Crippen LogP contribution in [0.3, 0.4) is 0 Å². The number of hydrogen-bond donors (Lipinski definition) is 0. The van der Waals surface area contributed by atoms with Crippen molar-refractivity contribution in [2.45, 2.75) is 32.7 Å². The van der Waals surface area contributed by atoms with Crippen LogP contribution >= 0.6 is 43.2 Å². The monoisotopic (exact) mass is 379 g/mol. The maximum absolute atomic E-state index is 12.4. The maximum atomic E-state index is 12.4. The summed E-state index contributed by atoms with van der Waals surface area (Å²) in [5.74, 6) is 0.780. The van der Waals surface area contributed by atoms with Crippen LogP contribution in [0.1, 0.15) is 36.4 Å². The highest BCUT2D eigenvalue weighted by atomic mass is 79.9. The van der Waals surface area contributed by atoms with Crippen molar-refractivity contribution in [1.29, 1.82) is 0 Å². The molecule has 2 unspecified atom stereocenters. The summed E-state index contributed by atoms with van der Waals surface area (Å²) in [4.78, 5) is 15.2. The highest BCUT2D eigenvalue weighted by molar-refractivity contribution is 9.13. The third-order valence-corrected chi connectivity index (χ3v) is 6.48. The zero-order chi connectivity index (χ0) is 12.6. The number of carbonyl (C=O) groups is 1. The number of amides is 1. The normalized spacial score (nSPS) is 25.1. The zero-order valence-corrected chi connectivity index (χ0v) is 13.9. The molecule has 1 aliphatic rings. The number of thiophene rings is 1. The van der Waals surface area contributed by atoms with Gasteiger partial charge in [0.05, 0.1) is 8.66 Å². The number of hydrogen-bond acceptors (Lipinski definition) is 2. The van der Waals surface area contributed by atoms with Gasteiger partial charge >= 0.3 is 0 Å². The molecule has 2 heterocycles. The summed E-state index contributed by atoms with van der Waals surface area (Å²) in [5.41, 5.74) is 0. The Morgan fingerprint density at radius 2 is 2.12 bits per heavy atom.